The molecule has 0 aromatic heterocycles. The summed E-state index contributed by atoms with van der Waals surface area (Å²) in [5.74, 6) is 0. The average molecular weight is 188 g/mol. The van der Waals surface area contributed by atoms with Crippen molar-refractivity contribution in [1.29, 1.82) is 0 Å². The molecule has 1 rings (SSSR count). The molecule has 0 bridgehead atoms. The molecule has 3 nitrogen and oxygen atoms in total. The van der Waals surface area contributed by atoms with Gasteiger partial charge in [0.05, 0.1) is 0 Å². The van der Waals surface area contributed by atoms with Crippen molar-refractivity contribution in [1.82, 2.24) is 10.2 Å². The highest BCUT2D eigenvalue weighted by Crippen LogP contribution is 1.92. The predicted molar refractivity (Wildman–Crippen MR) is 54.1 cm³/mol. The number of piperazine rings is 1. The Balaban J connectivity index is 1.98. The third-order valence-corrected chi connectivity index (χ3v) is 3.79. The van der Waals surface area contributed by atoms with E-state index < -0.39 is 0 Å². The van der Waals surface area contributed by atoms with Crippen LogP contribution in [-0.4, -0.2) is 53.1 Å². The first-order valence-corrected chi connectivity index (χ1v) is 6.41. The molecular formula is C8H20N2OSi. The van der Waals surface area contributed by atoms with Gasteiger partial charge >= 0.3 is 0 Å². The number of nitrogens with zero attached hydrogens (tertiary/aromatic N) is 1. The van der Waals surface area contributed by atoms with Gasteiger partial charge in [-0.25, -0.2) is 0 Å². The van der Waals surface area contributed by atoms with Gasteiger partial charge in [-0.1, -0.05) is 0 Å². The minimum atomic E-state index is -0.283. The normalized spacial score (nSPS) is 21.2. The largest absolute Gasteiger partial charge is 0.420 e. The number of nitrogens with one attached hydrogen (secondary N) is 1. The first-order valence-electron chi connectivity index (χ1n) is 4.83. The number of hydrogen-bond donors (Lipinski definition) is 1. The van der Waals surface area contributed by atoms with Crippen LogP contribution in [-0.2, 0) is 4.43 Å². The summed E-state index contributed by atoms with van der Waals surface area (Å²) in [5, 5.41) is 3.35. The summed E-state index contributed by atoms with van der Waals surface area (Å²) in [7, 11) is -0.283. The lowest BCUT2D eigenvalue weighted by atomic mass is 10.4. The fourth-order valence-electron chi connectivity index (χ4n) is 1.35. The van der Waals surface area contributed by atoms with Gasteiger partial charge in [-0.05, 0) is 13.8 Å². The maximum atomic E-state index is 5.62. The molecular weight excluding hydrogens is 168 g/mol. The van der Waals surface area contributed by atoms with Crippen LogP contribution >= 0.6 is 0 Å². The zero-order valence-electron chi connectivity index (χ0n) is 8.18. The van der Waals surface area contributed by atoms with Crippen molar-refractivity contribution in [2.45, 2.75) is 20.0 Å². The van der Waals surface area contributed by atoms with Crippen molar-refractivity contribution in [2.75, 3.05) is 32.3 Å². The van der Waals surface area contributed by atoms with Crippen LogP contribution in [0.3, 0.4) is 0 Å². The van der Waals surface area contributed by atoms with Gasteiger partial charge < -0.3 is 14.6 Å². The molecule has 1 heterocycles. The third kappa shape index (κ3) is 4.20. The average Bonchev–Trinajstić information content (AvgIpc) is 2.05. The summed E-state index contributed by atoms with van der Waals surface area (Å²) in [4.78, 5) is 2.51. The maximum absolute atomic E-state index is 5.62. The van der Waals surface area contributed by atoms with E-state index in [2.05, 4.69) is 24.1 Å². The zero-order chi connectivity index (χ0) is 8.81. The van der Waals surface area contributed by atoms with E-state index in [1.54, 1.807) is 0 Å². The Hall–Kier alpha value is 0.0969. The Morgan fingerprint density at radius 3 is 2.67 bits per heavy atom. The maximum Gasteiger partial charge on any atom is 0.175 e. The van der Waals surface area contributed by atoms with Gasteiger partial charge in [-0.2, -0.15) is 0 Å². The molecule has 0 radical (unpaired) electrons. The first kappa shape index (κ1) is 10.2. The van der Waals surface area contributed by atoms with E-state index in [-0.39, 0.29) is 9.76 Å². The molecule has 4 heteroatoms. The molecule has 0 atom stereocenters. The highest BCUT2D eigenvalue weighted by Gasteiger charge is 2.08. The molecule has 1 aliphatic heterocycles. The van der Waals surface area contributed by atoms with Crippen LogP contribution in [0.25, 0.3) is 0 Å². The van der Waals surface area contributed by atoms with Crippen LogP contribution < -0.4 is 5.32 Å². The molecule has 0 aliphatic carbocycles. The second-order valence-corrected chi connectivity index (χ2v) is 4.70. The fourth-order valence-corrected chi connectivity index (χ4v) is 2.63. The van der Waals surface area contributed by atoms with E-state index >= 15 is 0 Å². The summed E-state index contributed by atoms with van der Waals surface area (Å²) < 4.78 is 5.62. The fraction of sp³-hybridized carbons (Fsp3) is 1.00. The van der Waals surface area contributed by atoms with Crippen molar-refractivity contribution >= 4 is 9.76 Å². The molecule has 1 N–H and O–H groups in total. The highest BCUT2D eigenvalue weighted by atomic mass is 28.2. The van der Waals surface area contributed by atoms with Crippen molar-refractivity contribution < 1.29 is 4.43 Å². The van der Waals surface area contributed by atoms with Crippen LogP contribution in [0.4, 0.5) is 0 Å². The Morgan fingerprint density at radius 1 is 1.42 bits per heavy atom. The topological polar surface area (TPSA) is 24.5 Å². The minimum Gasteiger partial charge on any atom is -0.420 e. The Kier molecular flexibility index (Phi) is 4.83. The molecule has 0 spiro atoms. The summed E-state index contributed by atoms with van der Waals surface area (Å²) >= 11 is 0. The highest BCUT2D eigenvalue weighted by molar-refractivity contribution is 6.27. The van der Waals surface area contributed by atoms with Crippen LogP contribution in [0.5, 0.6) is 0 Å². The van der Waals surface area contributed by atoms with Crippen LogP contribution in [0.15, 0.2) is 0 Å². The first-order chi connectivity index (χ1) is 5.79. The van der Waals surface area contributed by atoms with Crippen molar-refractivity contribution in [2.24, 2.45) is 0 Å². The molecule has 72 valence electrons. The van der Waals surface area contributed by atoms with Gasteiger partial charge in [0.2, 0.25) is 0 Å². The van der Waals surface area contributed by atoms with E-state index in [1.807, 2.05) is 0 Å². The minimum absolute atomic E-state index is 0.283. The van der Waals surface area contributed by atoms with Gasteiger partial charge in [0.15, 0.2) is 9.76 Å². The van der Waals surface area contributed by atoms with Crippen molar-refractivity contribution in [3.05, 3.63) is 0 Å². The summed E-state index contributed by atoms with van der Waals surface area (Å²) in [5.41, 5.74) is 0. The molecule has 0 amide bonds. The number of hydrogen-bond acceptors (Lipinski definition) is 3. The Morgan fingerprint density at radius 2 is 2.08 bits per heavy atom. The van der Waals surface area contributed by atoms with E-state index in [4.69, 9.17) is 4.43 Å². The molecule has 1 fully saturated rings. The van der Waals surface area contributed by atoms with Crippen LogP contribution in [0, 0.1) is 0 Å². The van der Waals surface area contributed by atoms with Crippen LogP contribution in [0.1, 0.15) is 13.8 Å². The van der Waals surface area contributed by atoms with Gasteiger partial charge in [0, 0.05) is 38.5 Å². The van der Waals surface area contributed by atoms with E-state index in [1.165, 1.54) is 19.3 Å². The Bertz CT molecular complexity index is 116. The monoisotopic (exact) mass is 188 g/mol. The molecule has 0 aromatic rings. The second kappa shape index (κ2) is 5.69. The lowest BCUT2D eigenvalue weighted by Gasteiger charge is -2.27. The zero-order valence-corrected chi connectivity index (χ0v) is 9.59. The SMILES string of the molecule is CC(C)O[SiH2]CN1CCNCC1. The lowest BCUT2D eigenvalue weighted by molar-refractivity contribution is 0.226. The molecule has 0 aromatic carbocycles. The quantitative estimate of drug-likeness (QED) is 0.594. The Labute approximate surface area is 77.4 Å². The van der Waals surface area contributed by atoms with Gasteiger partial charge in [0.1, 0.15) is 0 Å². The third-order valence-electron chi connectivity index (χ3n) is 2.07. The second-order valence-electron chi connectivity index (χ2n) is 3.51. The number of rotatable bonds is 4. The van der Waals surface area contributed by atoms with Crippen molar-refractivity contribution in [3.63, 3.8) is 0 Å². The van der Waals surface area contributed by atoms with E-state index in [9.17, 15) is 0 Å². The molecule has 0 saturated carbocycles. The van der Waals surface area contributed by atoms with E-state index in [0.717, 1.165) is 13.1 Å². The summed E-state index contributed by atoms with van der Waals surface area (Å²) in [6.45, 7) is 8.94. The lowest BCUT2D eigenvalue weighted by Crippen LogP contribution is -2.45. The van der Waals surface area contributed by atoms with E-state index in [0.29, 0.717) is 6.10 Å². The molecule has 1 aliphatic rings. The molecule has 12 heavy (non-hydrogen) atoms. The van der Waals surface area contributed by atoms with Crippen LogP contribution in [0.2, 0.25) is 0 Å². The standard InChI is InChI=1S/C8H20N2OSi/c1-8(2)11-12-7-10-5-3-9-4-6-10/h8-9H,3-7,12H2,1-2H3. The smallest absolute Gasteiger partial charge is 0.175 e. The van der Waals surface area contributed by atoms with Crippen molar-refractivity contribution in [3.8, 4) is 0 Å². The predicted octanol–water partition coefficient (Wildman–Crippen LogP) is -0.642. The molecule has 1 saturated heterocycles. The summed E-state index contributed by atoms with van der Waals surface area (Å²) in [6, 6.07) is 0. The molecule has 0 unspecified atom stereocenters. The van der Waals surface area contributed by atoms with Gasteiger partial charge in [-0.3, -0.25) is 0 Å². The van der Waals surface area contributed by atoms with Gasteiger partial charge in [0.25, 0.3) is 0 Å². The summed E-state index contributed by atoms with van der Waals surface area (Å²) in [6.07, 6.45) is 1.65. The van der Waals surface area contributed by atoms with Gasteiger partial charge in [-0.15, -0.1) is 0 Å².